The summed E-state index contributed by atoms with van der Waals surface area (Å²) < 4.78 is 0. The number of rotatable bonds is 4. The Morgan fingerprint density at radius 2 is 2.26 bits per heavy atom. The molecular weight excluding hydrogens is 262 g/mol. The van der Waals surface area contributed by atoms with Crippen molar-refractivity contribution in [2.24, 2.45) is 5.84 Å². The molecule has 0 unspecified atom stereocenters. The number of carbonyl (C=O) groups is 1. The predicted octanol–water partition coefficient (Wildman–Crippen LogP) is 2.20. The molecule has 0 saturated heterocycles. The second-order valence-electron chi connectivity index (χ2n) is 4.26. The minimum atomic E-state index is -0.233. The fourth-order valence-electron chi connectivity index (χ4n) is 1.43. The fraction of sp³-hybridized carbons (Fsp3) is 0.250. The number of hydrazine groups is 1. The van der Waals surface area contributed by atoms with Crippen molar-refractivity contribution in [3.8, 4) is 0 Å². The van der Waals surface area contributed by atoms with E-state index >= 15 is 0 Å². The van der Waals surface area contributed by atoms with Gasteiger partial charge in [0.25, 0.3) is 5.91 Å². The minimum Gasteiger partial charge on any atom is -0.308 e. The number of amides is 1. The highest BCUT2D eigenvalue weighted by Crippen LogP contribution is 2.22. The first-order chi connectivity index (χ1) is 9.10. The number of pyridine rings is 1. The van der Waals surface area contributed by atoms with Crippen molar-refractivity contribution in [2.45, 2.75) is 19.8 Å². The van der Waals surface area contributed by atoms with E-state index in [0.29, 0.717) is 22.4 Å². The van der Waals surface area contributed by atoms with Crippen molar-refractivity contribution in [3.63, 3.8) is 0 Å². The van der Waals surface area contributed by atoms with E-state index in [2.05, 4.69) is 34.6 Å². The summed E-state index contributed by atoms with van der Waals surface area (Å²) in [6.45, 7) is 4.12. The molecule has 2 aromatic heterocycles. The lowest BCUT2D eigenvalue weighted by atomic mass is 10.2. The largest absolute Gasteiger partial charge is 0.308 e. The second-order valence-corrected chi connectivity index (χ2v) is 5.12. The maximum atomic E-state index is 12.0. The Balaban J connectivity index is 2.11. The lowest BCUT2D eigenvalue weighted by molar-refractivity contribution is 0.102. The number of nitrogens with one attached hydrogen (secondary N) is 2. The number of nitrogens with zero attached hydrogens (tertiary/aromatic N) is 2. The summed E-state index contributed by atoms with van der Waals surface area (Å²) in [5.41, 5.74) is 3.85. The Kier molecular flexibility index (Phi) is 4.08. The molecule has 4 N–H and O–H groups in total. The van der Waals surface area contributed by atoms with Gasteiger partial charge in [0.1, 0.15) is 5.82 Å². The van der Waals surface area contributed by atoms with Gasteiger partial charge >= 0.3 is 0 Å². The van der Waals surface area contributed by atoms with Gasteiger partial charge in [-0.15, -0.1) is 11.3 Å². The first-order valence-electron chi connectivity index (χ1n) is 5.79. The molecule has 0 fully saturated rings. The van der Waals surface area contributed by atoms with Crippen LogP contribution in [-0.2, 0) is 0 Å². The number of hydrogen-bond acceptors (Lipinski definition) is 6. The number of carbonyl (C=O) groups excluding carboxylic acids is 1. The van der Waals surface area contributed by atoms with Crippen molar-refractivity contribution in [1.29, 1.82) is 0 Å². The topological polar surface area (TPSA) is 92.9 Å². The van der Waals surface area contributed by atoms with E-state index in [9.17, 15) is 4.79 Å². The zero-order valence-corrected chi connectivity index (χ0v) is 11.5. The van der Waals surface area contributed by atoms with E-state index in [1.165, 1.54) is 17.5 Å². The number of nitrogen functional groups attached to an aromatic ring is 1. The molecule has 0 radical (unpaired) electrons. The van der Waals surface area contributed by atoms with Crippen LogP contribution in [0.3, 0.4) is 0 Å². The van der Waals surface area contributed by atoms with E-state index in [1.807, 2.05) is 5.38 Å². The Morgan fingerprint density at radius 3 is 2.89 bits per heavy atom. The maximum Gasteiger partial charge on any atom is 0.257 e. The van der Waals surface area contributed by atoms with Crippen LogP contribution >= 0.6 is 11.3 Å². The van der Waals surface area contributed by atoms with Crippen LogP contribution in [0.15, 0.2) is 23.7 Å². The van der Waals surface area contributed by atoms with Crippen LogP contribution in [0.5, 0.6) is 0 Å². The average molecular weight is 277 g/mol. The number of nitrogens with two attached hydrogens (primary N) is 1. The molecular formula is C12H15N5OS. The number of aromatic nitrogens is 2. The fourth-order valence-corrected chi connectivity index (χ4v) is 2.30. The van der Waals surface area contributed by atoms with Gasteiger partial charge in [0.2, 0.25) is 0 Å². The number of anilines is 2. The Hall–Kier alpha value is -1.99. The smallest absolute Gasteiger partial charge is 0.257 e. The van der Waals surface area contributed by atoms with E-state index in [1.54, 1.807) is 12.1 Å². The summed E-state index contributed by atoms with van der Waals surface area (Å²) in [5, 5.41) is 5.29. The van der Waals surface area contributed by atoms with E-state index in [-0.39, 0.29) is 5.91 Å². The molecule has 6 nitrogen and oxygen atoms in total. The van der Waals surface area contributed by atoms with E-state index in [0.717, 1.165) is 5.69 Å². The van der Waals surface area contributed by atoms with Gasteiger partial charge < -0.3 is 5.43 Å². The maximum absolute atomic E-state index is 12.0. The Bertz CT molecular complexity index is 581. The molecule has 0 aliphatic heterocycles. The van der Waals surface area contributed by atoms with Gasteiger partial charge in [0.05, 0.1) is 5.69 Å². The predicted molar refractivity (Wildman–Crippen MR) is 76.2 cm³/mol. The zero-order chi connectivity index (χ0) is 13.8. The molecule has 2 rings (SSSR count). The summed E-state index contributed by atoms with van der Waals surface area (Å²) in [6.07, 6.45) is 1.52. The quantitative estimate of drug-likeness (QED) is 0.588. The Labute approximate surface area is 115 Å². The summed E-state index contributed by atoms with van der Waals surface area (Å²) in [7, 11) is 0. The van der Waals surface area contributed by atoms with Crippen molar-refractivity contribution in [2.75, 3.05) is 10.7 Å². The van der Waals surface area contributed by atoms with Gasteiger partial charge in [-0.1, -0.05) is 13.8 Å². The van der Waals surface area contributed by atoms with Crippen LogP contribution in [0.25, 0.3) is 0 Å². The van der Waals surface area contributed by atoms with Crippen molar-refractivity contribution in [3.05, 3.63) is 35.0 Å². The molecule has 100 valence electrons. The molecule has 0 aromatic carbocycles. The Morgan fingerprint density at radius 1 is 1.47 bits per heavy atom. The molecule has 1 amide bonds. The normalized spacial score (nSPS) is 10.5. The number of hydrogen-bond donors (Lipinski definition) is 3. The SMILES string of the molecule is CC(C)c1csc(NC(=O)c2ccnc(NN)c2)n1. The first-order valence-corrected chi connectivity index (χ1v) is 6.67. The third kappa shape index (κ3) is 3.27. The van der Waals surface area contributed by atoms with E-state index < -0.39 is 0 Å². The molecule has 0 aliphatic carbocycles. The van der Waals surface area contributed by atoms with Gasteiger partial charge in [-0.05, 0) is 18.1 Å². The molecule has 0 saturated carbocycles. The summed E-state index contributed by atoms with van der Waals surface area (Å²) in [6, 6.07) is 3.19. The van der Waals surface area contributed by atoms with Crippen LogP contribution in [0.2, 0.25) is 0 Å². The summed E-state index contributed by atoms with van der Waals surface area (Å²) >= 11 is 1.41. The van der Waals surface area contributed by atoms with Crippen molar-refractivity contribution in [1.82, 2.24) is 9.97 Å². The molecule has 0 bridgehead atoms. The molecule has 2 aromatic rings. The first kappa shape index (κ1) is 13.4. The van der Waals surface area contributed by atoms with Crippen LogP contribution in [0, 0.1) is 0 Å². The highest BCUT2D eigenvalue weighted by atomic mass is 32.1. The highest BCUT2D eigenvalue weighted by Gasteiger charge is 2.11. The lowest BCUT2D eigenvalue weighted by Gasteiger charge is -2.04. The van der Waals surface area contributed by atoms with Crippen LogP contribution in [-0.4, -0.2) is 15.9 Å². The molecule has 0 spiro atoms. The third-order valence-electron chi connectivity index (χ3n) is 2.50. The van der Waals surface area contributed by atoms with Gasteiger partial charge in [-0.3, -0.25) is 10.1 Å². The van der Waals surface area contributed by atoms with Gasteiger partial charge in [-0.25, -0.2) is 15.8 Å². The minimum absolute atomic E-state index is 0.233. The summed E-state index contributed by atoms with van der Waals surface area (Å²) in [5.74, 6) is 5.80. The molecule has 0 atom stereocenters. The zero-order valence-electron chi connectivity index (χ0n) is 10.7. The van der Waals surface area contributed by atoms with E-state index in [4.69, 9.17) is 5.84 Å². The van der Waals surface area contributed by atoms with Crippen molar-refractivity contribution >= 4 is 28.2 Å². The summed E-state index contributed by atoms with van der Waals surface area (Å²) in [4.78, 5) is 20.3. The average Bonchev–Trinajstić information content (AvgIpc) is 2.87. The van der Waals surface area contributed by atoms with Gasteiger partial charge in [-0.2, -0.15) is 0 Å². The van der Waals surface area contributed by atoms with Crippen LogP contribution < -0.4 is 16.6 Å². The number of thiazole rings is 1. The van der Waals surface area contributed by atoms with Crippen LogP contribution in [0.4, 0.5) is 10.9 Å². The molecule has 0 aliphatic rings. The standard InChI is InChI=1S/C12H15N5OS/c1-7(2)9-6-19-12(15-9)16-11(18)8-3-4-14-10(5-8)17-13/h3-7H,13H2,1-2H3,(H,14,17)(H,15,16,18). The molecule has 19 heavy (non-hydrogen) atoms. The molecule has 2 heterocycles. The van der Waals surface area contributed by atoms with Gasteiger partial charge in [0.15, 0.2) is 5.13 Å². The van der Waals surface area contributed by atoms with Crippen LogP contribution in [0.1, 0.15) is 35.8 Å². The van der Waals surface area contributed by atoms with Gasteiger partial charge in [0, 0.05) is 17.1 Å². The van der Waals surface area contributed by atoms with Crippen molar-refractivity contribution < 1.29 is 4.79 Å². The third-order valence-corrected chi connectivity index (χ3v) is 3.28. The second kappa shape index (κ2) is 5.77. The molecule has 7 heteroatoms. The monoisotopic (exact) mass is 277 g/mol. The lowest BCUT2D eigenvalue weighted by Crippen LogP contribution is -2.14. The highest BCUT2D eigenvalue weighted by molar-refractivity contribution is 7.14.